The van der Waals surface area contributed by atoms with E-state index in [1.165, 1.54) is 4.31 Å². The molecule has 6 nitrogen and oxygen atoms in total. The number of hydrogen-bond acceptors (Lipinski definition) is 3. The first-order valence-electron chi connectivity index (χ1n) is 6.56. The average Bonchev–Trinajstić information content (AvgIpc) is 2.46. The first-order chi connectivity index (χ1) is 9.50. The summed E-state index contributed by atoms with van der Waals surface area (Å²) in [6.45, 7) is 0.882. The minimum Gasteiger partial charge on any atom is -0.480 e. The quantitative estimate of drug-likeness (QED) is 0.853. The van der Waals surface area contributed by atoms with Crippen molar-refractivity contribution in [1.82, 2.24) is 9.03 Å². The van der Waals surface area contributed by atoms with Gasteiger partial charge in [-0.25, -0.2) is 0 Å². The summed E-state index contributed by atoms with van der Waals surface area (Å²) in [4.78, 5) is 11.3. The minimum absolute atomic E-state index is 0.417. The van der Waals surface area contributed by atoms with Gasteiger partial charge in [-0.15, -0.1) is 0 Å². The predicted molar refractivity (Wildman–Crippen MR) is 74.3 cm³/mol. The number of piperidine rings is 1. The van der Waals surface area contributed by atoms with Crippen molar-refractivity contribution in [2.45, 2.75) is 25.3 Å². The van der Waals surface area contributed by atoms with Gasteiger partial charge in [0.25, 0.3) is 10.2 Å². The molecular weight excluding hydrogens is 280 g/mol. The van der Waals surface area contributed by atoms with Crippen molar-refractivity contribution in [3.8, 4) is 0 Å². The maximum Gasteiger partial charge on any atom is 0.326 e. The van der Waals surface area contributed by atoms with Gasteiger partial charge in [0.05, 0.1) is 0 Å². The van der Waals surface area contributed by atoms with Crippen molar-refractivity contribution in [3.05, 3.63) is 35.9 Å². The molecule has 0 spiro atoms. The van der Waals surface area contributed by atoms with E-state index < -0.39 is 22.2 Å². The Kier molecular flexibility index (Phi) is 4.74. The first-order valence-corrected chi connectivity index (χ1v) is 8.00. The van der Waals surface area contributed by atoms with Gasteiger partial charge in [-0.05, 0) is 18.4 Å². The number of nitrogens with one attached hydrogen (secondary N) is 1. The van der Waals surface area contributed by atoms with Gasteiger partial charge < -0.3 is 5.11 Å². The van der Waals surface area contributed by atoms with E-state index in [1.807, 2.05) is 0 Å². The Morgan fingerprint density at radius 2 is 1.75 bits per heavy atom. The van der Waals surface area contributed by atoms with Crippen LogP contribution in [0.5, 0.6) is 0 Å². The molecule has 0 aliphatic carbocycles. The van der Waals surface area contributed by atoms with E-state index >= 15 is 0 Å². The number of aliphatic carboxylic acids is 1. The van der Waals surface area contributed by atoms with E-state index in [9.17, 15) is 18.3 Å². The fraction of sp³-hybridized carbons (Fsp3) is 0.462. The van der Waals surface area contributed by atoms with Crippen molar-refractivity contribution in [2.75, 3.05) is 13.1 Å². The highest BCUT2D eigenvalue weighted by Gasteiger charge is 2.30. The molecule has 7 heteroatoms. The summed E-state index contributed by atoms with van der Waals surface area (Å²) in [6, 6.07) is 7.04. The van der Waals surface area contributed by atoms with Crippen LogP contribution < -0.4 is 4.72 Å². The molecule has 1 saturated heterocycles. The zero-order valence-corrected chi connectivity index (χ0v) is 11.8. The third kappa shape index (κ3) is 3.56. The van der Waals surface area contributed by atoms with Gasteiger partial charge in [-0.1, -0.05) is 36.8 Å². The summed E-state index contributed by atoms with van der Waals surface area (Å²) >= 11 is 0. The summed E-state index contributed by atoms with van der Waals surface area (Å²) in [5.74, 6) is -1.21. The lowest BCUT2D eigenvalue weighted by Crippen LogP contribution is -2.46. The monoisotopic (exact) mass is 298 g/mol. The molecule has 0 bridgehead atoms. The lowest BCUT2D eigenvalue weighted by molar-refractivity contribution is -0.139. The van der Waals surface area contributed by atoms with Crippen molar-refractivity contribution < 1.29 is 18.3 Å². The average molecular weight is 298 g/mol. The molecule has 0 saturated carbocycles. The molecule has 0 radical (unpaired) electrons. The van der Waals surface area contributed by atoms with E-state index in [-0.39, 0.29) is 0 Å². The predicted octanol–water partition coefficient (Wildman–Crippen LogP) is 1.13. The maximum absolute atomic E-state index is 12.2. The van der Waals surface area contributed by atoms with Gasteiger partial charge in [-0.3, -0.25) is 4.79 Å². The molecule has 1 atom stereocenters. The highest BCUT2D eigenvalue weighted by molar-refractivity contribution is 7.87. The Bertz CT molecular complexity index is 553. The second kappa shape index (κ2) is 6.34. The lowest BCUT2D eigenvalue weighted by atomic mass is 10.1. The van der Waals surface area contributed by atoms with Crippen molar-refractivity contribution >= 4 is 16.2 Å². The molecule has 2 rings (SSSR count). The number of carbonyl (C=O) groups is 1. The molecule has 110 valence electrons. The van der Waals surface area contributed by atoms with Crippen molar-refractivity contribution in [1.29, 1.82) is 0 Å². The third-order valence-electron chi connectivity index (χ3n) is 3.30. The molecule has 0 aromatic heterocycles. The van der Waals surface area contributed by atoms with Crippen molar-refractivity contribution in [3.63, 3.8) is 0 Å². The zero-order chi connectivity index (χ0) is 14.6. The highest BCUT2D eigenvalue weighted by atomic mass is 32.2. The van der Waals surface area contributed by atoms with Crippen LogP contribution in [0.25, 0.3) is 0 Å². The molecule has 1 aromatic rings. The van der Waals surface area contributed by atoms with Crippen LogP contribution in [0.4, 0.5) is 0 Å². The second-order valence-corrected chi connectivity index (χ2v) is 6.47. The molecule has 2 N–H and O–H groups in total. The standard InChI is InChI=1S/C13H18N2O4S/c16-13(17)12(11-7-3-1-4-8-11)14-20(18,19)15-9-5-2-6-10-15/h1,3-4,7-8,12,14H,2,5-6,9-10H2,(H,16,17)/t12-/m0/s1. The molecule has 1 heterocycles. The number of hydrogen-bond donors (Lipinski definition) is 2. The van der Waals surface area contributed by atoms with Crippen molar-refractivity contribution in [2.24, 2.45) is 0 Å². The Balaban J connectivity index is 2.18. The molecule has 1 fully saturated rings. The Morgan fingerprint density at radius 3 is 2.30 bits per heavy atom. The molecular formula is C13H18N2O4S. The van der Waals surface area contributed by atoms with E-state index in [4.69, 9.17) is 0 Å². The summed E-state index contributed by atoms with van der Waals surface area (Å²) in [5.41, 5.74) is 0.417. The zero-order valence-electron chi connectivity index (χ0n) is 11.0. The van der Waals surface area contributed by atoms with E-state index in [0.29, 0.717) is 18.7 Å². The second-order valence-electron chi connectivity index (χ2n) is 4.76. The molecule has 20 heavy (non-hydrogen) atoms. The normalized spacial score (nSPS) is 18.6. The van der Waals surface area contributed by atoms with Crippen LogP contribution in [-0.4, -0.2) is 36.9 Å². The topological polar surface area (TPSA) is 86.7 Å². The molecule has 0 unspecified atom stereocenters. The van der Waals surface area contributed by atoms with Gasteiger partial charge in [0.2, 0.25) is 0 Å². The number of benzene rings is 1. The first kappa shape index (κ1) is 15.0. The smallest absolute Gasteiger partial charge is 0.326 e. The van der Waals surface area contributed by atoms with Gasteiger partial charge in [0, 0.05) is 13.1 Å². The fourth-order valence-corrected chi connectivity index (χ4v) is 3.66. The van der Waals surface area contributed by atoms with Crippen LogP contribution in [-0.2, 0) is 15.0 Å². The Labute approximate surface area is 118 Å². The minimum atomic E-state index is -3.77. The van der Waals surface area contributed by atoms with Gasteiger partial charge >= 0.3 is 5.97 Å². The number of carboxylic acid groups (broad SMARTS) is 1. The van der Waals surface area contributed by atoms with Crippen LogP contribution in [0.3, 0.4) is 0 Å². The lowest BCUT2D eigenvalue weighted by Gasteiger charge is -2.27. The molecule has 1 aliphatic heterocycles. The molecule has 1 aromatic carbocycles. The third-order valence-corrected chi connectivity index (χ3v) is 4.88. The maximum atomic E-state index is 12.2. The molecule has 1 aliphatic rings. The summed E-state index contributed by atoms with van der Waals surface area (Å²) in [5, 5.41) is 9.24. The van der Waals surface area contributed by atoms with Crippen LogP contribution in [0, 0.1) is 0 Å². The van der Waals surface area contributed by atoms with E-state index in [1.54, 1.807) is 30.3 Å². The van der Waals surface area contributed by atoms with Crippen LogP contribution in [0.2, 0.25) is 0 Å². The number of nitrogens with zero attached hydrogens (tertiary/aromatic N) is 1. The SMILES string of the molecule is O=C(O)[C@@H](NS(=O)(=O)N1CCCCC1)c1ccccc1. The Hall–Kier alpha value is -1.44. The summed E-state index contributed by atoms with van der Waals surface area (Å²) in [6.07, 6.45) is 2.63. The summed E-state index contributed by atoms with van der Waals surface area (Å²) in [7, 11) is -3.77. The van der Waals surface area contributed by atoms with E-state index in [0.717, 1.165) is 19.3 Å². The fourth-order valence-electron chi connectivity index (χ4n) is 2.24. The van der Waals surface area contributed by atoms with Gasteiger partial charge in [0.15, 0.2) is 0 Å². The number of carboxylic acids is 1. The summed E-state index contributed by atoms with van der Waals surface area (Å²) < 4.78 is 28.0. The van der Waals surface area contributed by atoms with Crippen LogP contribution in [0.1, 0.15) is 30.9 Å². The van der Waals surface area contributed by atoms with Gasteiger partial charge in [-0.2, -0.15) is 17.4 Å². The van der Waals surface area contributed by atoms with Crippen LogP contribution in [0.15, 0.2) is 30.3 Å². The largest absolute Gasteiger partial charge is 0.480 e. The van der Waals surface area contributed by atoms with Gasteiger partial charge in [0.1, 0.15) is 6.04 Å². The highest BCUT2D eigenvalue weighted by Crippen LogP contribution is 2.17. The number of rotatable bonds is 5. The van der Waals surface area contributed by atoms with Crippen LogP contribution >= 0.6 is 0 Å². The Morgan fingerprint density at radius 1 is 1.15 bits per heavy atom. The van der Waals surface area contributed by atoms with E-state index in [2.05, 4.69) is 4.72 Å². The molecule has 0 amide bonds.